The van der Waals surface area contributed by atoms with E-state index in [0.717, 1.165) is 34.3 Å². The Balaban J connectivity index is 2.14. The Kier molecular flexibility index (Phi) is 5.98. The number of likely N-dealkylation sites (N-methyl/N-ethyl adjacent to an activating group) is 1. The maximum atomic E-state index is 13.4. The average molecular weight is 431 g/mol. The predicted molar refractivity (Wildman–Crippen MR) is 113 cm³/mol. The predicted octanol–water partition coefficient (Wildman–Crippen LogP) is 4.15. The van der Waals surface area contributed by atoms with E-state index in [9.17, 15) is 17.6 Å². The van der Waals surface area contributed by atoms with Crippen molar-refractivity contribution in [1.29, 1.82) is 0 Å². The highest BCUT2D eigenvalue weighted by molar-refractivity contribution is 7.90. The lowest BCUT2D eigenvalue weighted by molar-refractivity contribution is 0.156. The van der Waals surface area contributed by atoms with Gasteiger partial charge in [-0.25, -0.2) is 17.6 Å². The summed E-state index contributed by atoms with van der Waals surface area (Å²) >= 11 is 0. The number of halogens is 1. The molecule has 158 valence electrons. The summed E-state index contributed by atoms with van der Waals surface area (Å²) in [7, 11) is -1.88. The first-order chi connectivity index (χ1) is 14.1. The van der Waals surface area contributed by atoms with Crippen LogP contribution >= 0.6 is 0 Å². The number of amides is 1. The maximum Gasteiger partial charge on any atom is 0.407 e. The number of rotatable bonds is 6. The first-order valence-electron chi connectivity index (χ1n) is 9.29. The molecule has 1 amide bonds. The van der Waals surface area contributed by atoms with Crippen molar-refractivity contribution in [2.24, 2.45) is 0 Å². The van der Waals surface area contributed by atoms with Gasteiger partial charge in [0.15, 0.2) is 9.84 Å². The molecule has 0 atom stereocenters. The zero-order chi connectivity index (χ0) is 22.1. The van der Waals surface area contributed by atoms with E-state index in [1.807, 2.05) is 23.8 Å². The van der Waals surface area contributed by atoms with Crippen LogP contribution in [-0.4, -0.2) is 48.9 Å². The molecule has 0 saturated heterocycles. The second kappa shape index (κ2) is 8.31. The van der Waals surface area contributed by atoms with E-state index in [-0.39, 0.29) is 17.3 Å². The molecule has 1 heterocycles. The van der Waals surface area contributed by atoms with Gasteiger partial charge in [-0.05, 0) is 60.9 Å². The fourth-order valence-electron chi connectivity index (χ4n) is 3.35. The molecule has 1 N–H and O–H groups in total. The molecular weight excluding hydrogens is 407 g/mol. The Morgan fingerprint density at radius 2 is 1.83 bits per heavy atom. The third-order valence-electron chi connectivity index (χ3n) is 5.08. The molecule has 0 aliphatic heterocycles. The molecule has 0 bridgehead atoms. The van der Waals surface area contributed by atoms with Gasteiger partial charge in [0.2, 0.25) is 0 Å². The van der Waals surface area contributed by atoms with Crippen LogP contribution in [0, 0.1) is 12.7 Å². The Hall–Kier alpha value is -3.13. The van der Waals surface area contributed by atoms with E-state index < -0.39 is 15.9 Å². The van der Waals surface area contributed by atoms with Crippen molar-refractivity contribution in [2.45, 2.75) is 18.2 Å². The highest BCUT2D eigenvalue weighted by atomic mass is 32.2. The monoisotopic (exact) mass is 430 g/mol. The summed E-state index contributed by atoms with van der Waals surface area (Å²) in [5, 5.41) is 9.17. The summed E-state index contributed by atoms with van der Waals surface area (Å²) in [6.45, 7) is 2.19. The van der Waals surface area contributed by atoms with E-state index in [1.54, 1.807) is 30.3 Å². The first kappa shape index (κ1) is 21.6. The van der Waals surface area contributed by atoms with E-state index in [1.165, 1.54) is 24.1 Å². The van der Waals surface area contributed by atoms with Crippen molar-refractivity contribution in [3.8, 4) is 16.8 Å². The topological polar surface area (TPSA) is 79.6 Å². The van der Waals surface area contributed by atoms with E-state index in [4.69, 9.17) is 5.11 Å². The third kappa shape index (κ3) is 4.54. The zero-order valence-electron chi connectivity index (χ0n) is 17.0. The molecule has 0 saturated carbocycles. The normalized spacial score (nSPS) is 11.5. The van der Waals surface area contributed by atoms with Crippen molar-refractivity contribution >= 4 is 15.9 Å². The van der Waals surface area contributed by atoms with Crippen LogP contribution in [0.5, 0.6) is 0 Å². The van der Waals surface area contributed by atoms with Gasteiger partial charge >= 0.3 is 6.09 Å². The van der Waals surface area contributed by atoms with Crippen LogP contribution in [0.25, 0.3) is 16.8 Å². The lowest BCUT2D eigenvalue weighted by Crippen LogP contribution is -2.27. The van der Waals surface area contributed by atoms with E-state index in [0.29, 0.717) is 6.42 Å². The molecule has 8 heteroatoms. The molecule has 0 radical (unpaired) electrons. The van der Waals surface area contributed by atoms with Gasteiger partial charge in [0.1, 0.15) is 5.82 Å². The second-order valence-corrected chi connectivity index (χ2v) is 9.22. The zero-order valence-corrected chi connectivity index (χ0v) is 17.8. The van der Waals surface area contributed by atoms with Crippen molar-refractivity contribution in [3.63, 3.8) is 0 Å². The minimum Gasteiger partial charge on any atom is -0.465 e. The van der Waals surface area contributed by atoms with Gasteiger partial charge in [0.25, 0.3) is 0 Å². The molecule has 0 unspecified atom stereocenters. The number of aromatic nitrogens is 1. The highest BCUT2D eigenvalue weighted by Gasteiger charge is 2.18. The summed E-state index contributed by atoms with van der Waals surface area (Å²) in [4.78, 5) is 12.6. The van der Waals surface area contributed by atoms with Gasteiger partial charge in [-0.1, -0.05) is 12.1 Å². The summed E-state index contributed by atoms with van der Waals surface area (Å²) < 4.78 is 39.3. The van der Waals surface area contributed by atoms with Crippen LogP contribution in [0.1, 0.15) is 11.3 Å². The summed E-state index contributed by atoms with van der Waals surface area (Å²) in [6.07, 6.45) is 2.46. The Morgan fingerprint density at radius 1 is 1.17 bits per heavy atom. The van der Waals surface area contributed by atoms with Crippen molar-refractivity contribution in [3.05, 3.63) is 71.8 Å². The molecule has 0 spiro atoms. The number of hydrogen-bond acceptors (Lipinski definition) is 3. The minimum atomic E-state index is -3.38. The first-order valence-corrected chi connectivity index (χ1v) is 11.2. The van der Waals surface area contributed by atoms with Crippen LogP contribution in [-0.2, 0) is 16.3 Å². The molecule has 0 aliphatic rings. The summed E-state index contributed by atoms with van der Waals surface area (Å²) in [5.41, 5.74) is 4.06. The number of hydrogen-bond donors (Lipinski definition) is 1. The molecule has 30 heavy (non-hydrogen) atoms. The Labute approximate surface area is 175 Å². The van der Waals surface area contributed by atoms with Gasteiger partial charge in [-0.15, -0.1) is 0 Å². The smallest absolute Gasteiger partial charge is 0.407 e. The van der Waals surface area contributed by atoms with Crippen molar-refractivity contribution < 1.29 is 22.7 Å². The number of carbonyl (C=O) groups is 1. The lowest BCUT2D eigenvalue weighted by atomic mass is 10.0. The van der Waals surface area contributed by atoms with E-state index >= 15 is 0 Å². The second-order valence-electron chi connectivity index (χ2n) is 7.21. The largest absolute Gasteiger partial charge is 0.465 e. The number of benzene rings is 2. The summed E-state index contributed by atoms with van der Waals surface area (Å²) in [6, 6.07) is 12.7. The lowest BCUT2D eigenvalue weighted by Gasteiger charge is -2.14. The SMILES string of the molecule is Cc1c(CCN(C)C(=O)O)c(-c2cccc(S(C)(=O)=O)c2)cn1-c1ccc(F)cc1. The standard InChI is InChI=1S/C22H23FN2O4S/c1-15-20(11-12-24(2)22(26)27)21(14-25(15)18-9-7-17(23)8-10-18)16-5-4-6-19(13-16)30(3,28)29/h4-10,13-14H,11-12H2,1-3H3,(H,26,27). The van der Waals surface area contributed by atoms with Gasteiger partial charge in [0, 0.05) is 43.0 Å². The van der Waals surface area contributed by atoms with Crippen LogP contribution in [0.15, 0.2) is 59.6 Å². The maximum absolute atomic E-state index is 13.4. The molecular formula is C22H23FN2O4S. The molecule has 3 rings (SSSR count). The number of sulfone groups is 1. The Bertz CT molecular complexity index is 1180. The molecule has 0 aliphatic carbocycles. The minimum absolute atomic E-state index is 0.209. The van der Waals surface area contributed by atoms with Gasteiger partial charge < -0.3 is 14.6 Å². The molecule has 6 nitrogen and oxygen atoms in total. The van der Waals surface area contributed by atoms with Crippen LogP contribution < -0.4 is 0 Å². The molecule has 1 aromatic heterocycles. The average Bonchev–Trinajstić information content (AvgIpc) is 3.02. The van der Waals surface area contributed by atoms with Gasteiger partial charge in [-0.2, -0.15) is 0 Å². The summed E-state index contributed by atoms with van der Waals surface area (Å²) in [5.74, 6) is -0.340. The third-order valence-corrected chi connectivity index (χ3v) is 6.19. The molecule has 2 aromatic carbocycles. The van der Waals surface area contributed by atoms with Crippen LogP contribution in [0.2, 0.25) is 0 Å². The fourth-order valence-corrected chi connectivity index (χ4v) is 4.01. The Morgan fingerprint density at radius 3 is 2.43 bits per heavy atom. The van der Waals surface area contributed by atoms with Crippen molar-refractivity contribution in [1.82, 2.24) is 9.47 Å². The fraction of sp³-hybridized carbons (Fsp3) is 0.227. The van der Waals surface area contributed by atoms with Crippen LogP contribution in [0.4, 0.5) is 9.18 Å². The van der Waals surface area contributed by atoms with Gasteiger partial charge in [0.05, 0.1) is 4.90 Å². The number of carboxylic acid groups (broad SMARTS) is 1. The molecule has 3 aromatic rings. The highest BCUT2D eigenvalue weighted by Crippen LogP contribution is 2.32. The van der Waals surface area contributed by atoms with Crippen molar-refractivity contribution in [2.75, 3.05) is 19.8 Å². The van der Waals surface area contributed by atoms with Crippen LogP contribution in [0.3, 0.4) is 0 Å². The van der Waals surface area contributed by atoms with Gasteiger partial charge in [-0.3, -0.25) is 0 Å². The quantitative estimate of drug-likeness (QED) is 0.637. The number of nitrogens with zero attached hydrogens (tertiary/aromatic N) is 2. The molecule has 0 fully saturated rings. The van der Waals surface area contributed by atoms with E-state index in [2.05, 4.69) is 0 Å².